The Morgan fingerprint density at radius 1 is 1.14 bits per heavy atom. The zero-order valence-electron chi connectivity index (χ0n) is 16.2. The molecule has 0 bridgehead atoms. The number of fused-ring (bicyclic) bond motifs is 4. The third-order valence-electron chi connectivity index (χ3n) is 5.54. The first-order valence-corrected chi connectivity index (χ1v) is 11.6. The maximum Gasteiger partial charge on any atom is 0.0535 e. The number of para-hydroxylation sites is 1. The summed E-state index contributed by atoms with van der Waals surface area (Å²) in [5, 5.41) is 8.36. The molecule has 0 spiro atoms. The average molecular weight is 405 g/mol. The lowest BCUT2D eigenvalue weighted by Gasteiger charge is -2.15. The van der Waals surface area contributed by atoms with Crippen molar-refractivity contribution >= 4 is 59.6 Å². The molecule has 5 rings (SSSR count). The predicted octanol–water partition coefficient (Wildman–Crippen LogP) is 7.38. The lowest BCUT2D eigenvalue weighted by molar-refractivity contribution is 0.780. The minimum absolute atomic E-state index is 0.424. The van der Waals surface area contributed by atoms with E-state index in [1.807, 2.05) is 29.7 Å². The highest BCUT2D eigenvalue weighted by Gasteiger charge is 2.23. The van der Waals surface area contributed by atoms with Gasteiger partial charge in [0.25, 0.3) is 0 Å². The van der Waals surface area contributed by atoms with Gasteiger partial charge in [-0.15, -0.1) is 22.7 Å². The molecule has 1 unspecified atom stereocenters. The number of hydrogen-bond acceptors (Lipinski definition) is 4. The Labute approximate surface area is 173 Å². The second-order valence-corrected chi connectivity index (χ2v) is 9.60. The summed E-state index contributed by atoms with van der Waals surface area (Å²) in [6, 6.07) is 18.2. The van der Waals surface area contributed by atoms with E-state index in [4.69, 9.17) is 0 Å². The molecular weight excluding hydrogens is 380 g/mol. The zero-order valence-corrected chi connectivity index (χ0v) is 17.8. The quantitative estimate of drug-likeness (QED) is 0.362. The summed E-state index contributed by atoms with van der Waals surface area (Å²) in [4.78, 5) is 1.38. The van der Waals surface area contributed by atoms with E-state index >= 15 is 0 Å². The van der Waals surface area contributed by atoms with Gasteiger partial charge in [-0.05, 0) is 54.3 Å². The van der Waals surface area contributed by atoms with Gasteiger partial charge in [-0.2, -0.15) is 0 Å². The average Bonchev–Trinajstić information content (AvgIpc) is 3.39. The number of anilines is 2. The Kier molecular flexibility index (Phi) is 4.61. The molecule has 3 heterocycles. The molecule has 2 N–H and O–H groups in total. The van der Waals surface area contributed by atoms with Crippen LogP contribution in [0.15, 0.2) is 54.1 Å². The van der Waals surface area contributed by atoms with Crippen LogP contribution in [0.2, 0.25) is 0 Å². The Morgan fingerprint density at radius 3 is 2.86 bits per heavy atom. The van der Waals surface area contributed by atoms with Crippen LogP contribution in [-0.4, -0.2) is 13.1 Å². The smallest absolute Gasteiger partial charge is 0.0535 e. The molecule has 0 saturated heterocycles. The lowest BCUT2D eigenvalue weighted by atomic mass is 9.98. The second-order valence-electron chi connectivity index (χ2n) is 7.43. The summed E-state index contributed by atoms with van der Waals surface area (Å²) in [6.45, 7) is 2.27. The van der Waals surface area contributed by atoms with E-state index in [1.54, 1.807) is 0 Å². The largest absolute Gasteiger partial charge is 0.388 e. The van der Waals surface area contributed by atoms with Gasteiger partial charge in [0.1, 0.15) is 0 Å². The monoisotopic (exact) mass is 404 g/mol. The third-order valence-corrected chi connectivity index (χ3v) is 7.88. The molecule has 0 aliphatic carbocycles. The molecule has 1 aliphatic rings. The summed E-state index contributed by atoms with van der Waals surface area (Å²) in [5.41, 5.74) is 5.44. The van der Waals surface area contributed by atoms with Crippen molar-refractivity contribution < 1.29 is 0 Å². The minimum Gasteiger partial charge on any atom is -0.388 e. The fourth-order valence-electron chi connectivity index (χ4n) is 4.14. The Morgan fingerprint density at radius 2 is 2.04 bits per heavy atom. The van der Waals surface area contributed by atoms with Crippen LogP contribution in [0.1, 0.15) is 30.2 Å². The first kappa shape index (κ1) is 17.8. The highest BCUT2D eigenvalue weighted by Crippen LogP contribution is 2.41. The van der Waals surface area contributed by atoms with Crippen molar-refractivity contribution in [1.82, 2.24) is 0 Å². The van der Waals surface area contributed by atoms with Gasteiger partial charge in [-0.1, -0.05) is 37.6 Å². The molecule has 2 aromatic heterocycles. The van der Waals surface area contributed by atoms with E-state index in [0.717, 1.165) is 12.8 Å². The summed E-state index contributed by atoms with van der Waals surface area (Å²) in [5.74, 6) is 0. The van der Waals surface area contributed by atoms with Crippen molar-refractivity contribution in [2.45, 2.75) is 32.2 Å². The lowest BCUT2D eigenvalue weighted by Crippen LogP contribution is -2.18. The van der Waals surface area contributed by atoms with E-state index in [0.29, 0.717) is 6.04 Å². The summed E-state index contributed by atoms with van der Waals surface area (Å²) >= 11 is 3.83. The highest BCUT2D eigenvalue weighted by molar-refractivity contribution is 7.33. The number of hydrogen-bond donors (Lipinski definition) is 2. The normalized spacial score (nSPS) is 16.5. The van der Waals surface area contributed by atoms with Crippen LogP contribution < -0.4 is 10.6 Å². The van der Waals surface area contributed by atoms with E-state index in [-0.39, 0.29) is 0 Å². The van der Waals surface area contributed by atoms with Crippen molar-refractivity contribution in [1.29, 1.82) is 0 Å². The number of thiophene rings is 2. The van der Waals surface area contributed by atoms with Crippen LogP contribution in [0.5, 0.6) is 0 Å². The first-order chi connectivity index (χ1) is 13.7. The maximum absolute atomic E-state index is 3.74. The highest BCUT2D eigenvalue weighted by atomic mass is 32.1. The van der Waals surface area contributed by atoms with E-state index in [9.17, 15) is 0 Å². The van der Waals surface area contributed by atoms with E-state index < -0.39 is 0 Å². The van der Waals surface area contributed by atoms with Gasteiger partial charge in [-0.3, -0.25) is 0 Å². The topological polar surface area (TPSA) is 24.1 Å². The molecule has 0 fully saturated rings. The minimum atomic E-state index is 0.424. The fourth-order valence-corrected chi connectivity index (χ4v) is 6.69. The van der Waals surface area contributed by atoms with Crippen molar-refractivity contribution in [2.75, 3.05) is 17.7 Å². The first-order valence-electron chi connectivity index (χ1n) is 9.94. The molecule has 0 saturated carbocycles. The van der Waals surface area contributed by atoms with Gasteiger partial charge < -0.3 is 10.6 Å². The van der Waals surface area contributed by atoms with Crippen molar-refractivity contribution in [3.63, 3.8) is 0 Å². The van der Waals surface area contributed by atoms with Crippen LogP contribution in [0.4, 0.5) is 11.4 Å². The van der Waals surface area contributed by atoms with Crippen molar-refractivity contribution in [2.24, 2.45) is 0 Å². The van der Waals surface area contributed by atoms with Crippen LogP contribution in [0.3, 0.4) is 0 Å². The van der Waals surface area contributed by atoms with Crippen LogP contribution >= 0.6 is 22.7 Å². The molecular formula is C24H24N2S2. The Bertz CT molecular complexity index is 1160. The van der Waals surface area contributed by atoms with Crippen LogP contribution in [-0.2, 0) is 6.42 Å². The number of nitrogens with one attached hydrogen (secondary N) is 2. The van der Waals surface area contributed by atoms with E-state index in [1.165, 1.54) is 53.3 Å². The molecule has 0 amide bonds. The molecule has 1 atom stereocenters. The molecule has 4 heteroatoms. The second kappa shape index (κ2) is 7.26. The van der Waals surface area contributed by atoms with Gasteiger partial charge in [0.05, 0.1) is 10.7 Å². The molecule has 4 aromatic rings. The molecule has 2 aromatic carbocycles. The van der Waals surface area contributed by atoms with Crippen molar-refractivity contribution in [3.05, 3.63) is 64.5 Å². The molecule has 28 heavy (non-hydrogen) atoms. The number of benzene rings is 2. The zero-order chi connectivity index (χ0) is 19.1. The van der Waals surface area contributed by atoms with Gasteiger partial charge in [0.2, 0.25) is 0 Å². The third kappa shape index (κ3) is 3.11. The van der Waals surface area contributed by atoms with Gasteiger partial charge >= 0.3 is 0 Å². The Balaban J connectivity index is 1.49. The molecule has 1 aliphatic heterocycles. The summed E-state index contributed by atoms with van der Waals surface area (Å²) in [6.07, 6.45) is 5.86. The molecule has 2 nitrogen and oxygen atoms in total. The molecule has 142 valence electrons. The van der Waals surface area contributed by atoms with Crippen molar-refractivity contribution in [3.8, 4) is 0 Å². The Hall–Kier alpha value is -2.30. The van der Waals surface area contributed by atoms with Crippen LogP contribution in [0.25, 0.3) is 25.6 Å². The molecule has 0 radical (unpaired) electrons. The van der Waals surface area contributed by atoms with Crippen LogP contribution in [0, 0.1) is 0 Å². The van der Waals surface area contributed by atoms with Gasteiger partial charge in [0.15, 0.2) is 0 Å². The van der Waals surface area contributed by atoms with Gasteiger partial charge in [-0.25, -0.2) is 0 Å². The summed E-state index contributed by atoms with van der Waals surface area (Å²) < 4.78 is 4.19. The fraction of sp³-hybridized carbons (Fsp3) is 0.250. The maximum atomic E-state index is 3.74. The van der Waals surface area contributed by atoms with E-state index in [2.05, 4.69) is 72.2 Å². The number of rotatable bonds is 5. The SMILES string of the molecule is CCC/C(=C/c1cc2sc3cc(NC)ccc3c2s1)C1Cc2ccccc2N1. The van der Waals surface area contributed by atoms with Gasteiger partial charge in [0, 0.05) is 38.1 Å². The standard InChI is InChI=1S/C24H24N2S2/c1-3-6-15(21-12-16-7-4-5-8-20(16)26-21)11-18-14-23-24(27-18)19-10-9-17(25-2)13-22(19)28-23/h4-5,7-11,13-14,21,25-26H,3,6,12H2,1-2H3/b15-11-. The predicted molar refractivity (Wildman–Crippen MR) is 127 cm³/mol. The summed E-state index contributed by atoms with van der Waals surface area (Å²) in [7, 11) is 1.98.